The van der Waals surface area contributed by atoms with Gasteiger partial charge in [-0.1, -0.05) is 0 Å². The first-order valence-electron chi connectivity index (χ1n) is 4.96. The summed E-state index contributed by atoms with van der Waals surface area (Å²) in [5, 5.41) is 3.17. The minimum atomic E-state index is -0.431. The summed E-state index contributed by atoms with van der Waals surface area (Å²) in [6.45, 7) is 0. The summed E-state index contributed by atoms with van der Waals surface area (Å²) >= 11 is 1.13. The van der Waals surface area contributed by atoms with Gasteiger partial charge in [0.05, 0.1) is 18.3 Å². The van der Waals surface area contributed by atoms with Crippen LogP contribution in [0, 0.1) is 0 Å². The van der Waals surface area contributed by atoms with Gasteiger partial charge in [0, 0.05) is 12.4 Å². The molecule has 18 heavy (non-hydrogen) atoms. The first kappa shape index (κ1) is 12.2. The monoisotopic (exact) mass is 263 g/mol. The van der Waals surface area contributed by atoms with E-state index in [2.05, 4.69) is 20.0 Å². The van der Waals surface area contributed by atoms with Crippen molar-refractivity contribution in [2.24, 2.45) is 0 Å². The zero-order chi connectivity index (χ0) is 13.0. The molecule has 0 saturated carbocycles. The average Bonchev–Trinajstić information content (AvgIpc) is 2.87. The van der Waals surface area contributed by atoms with E-state index in [4.69, 9.17) is 0 Å². The molecule has 0 aliphatic carbocycles. The quantitative estimate of drug-likeness (QED) is 0.850. The molecule has 2 aromatic heterocycles. The van der Waals surface area contributed by atoms with Gasteiger partial charge in [-0.25, -0.2) is 9.78 Å². The highest BCUT2D eigenvalue weighted by Crippen LogP contribution is 2.22. The SMILES string of the molecule is COC(=O)c1ccc(NC(=O)c2cnccn2)s1. The second kappa shape index (κ2) is 5.37. The standard InChI is InChI=1S/C11H9N3O3S/c1-17-11(16)8-2-3-9(18-8)14-10(15)7-6-12-4-5-13-7/h2-6H,1H3,(H,14,15). The number of rotatable bonds is 3. The molecule has 2 heterocycles. The van der Waals surface area contributed by atoms with Gasteiger partial charge in [0.15, 0.2) is 0 Å². The van der Waals surface area contributed by atoms with E-state index < -0.39 is 5.97 Å². The smallest absolute Gasteiger partial charge is 0.348 e. The Balaban J connectivity index is 2.08. The Morgan fingerprint density at radius 3 is 2.83 bits per heavy atom. The lowest BCUT2D eigenvalue weighted by Crippen LogP contribution is -2.12. The minimum absolute atomic E-state index is 0.213. The second-order valence-electron chi connectivity index (χ2n) is 3.20. The van der Waals surface area contributed by atoms with Gasteiger partial charge in [-0.15, -0.1) is 11.3 Å². The Morgan fingerprint density at radius 1 is 1.33 bits per heavy atom. The lowest BCUT2D eigenvalue weighted by molar-refractivity contribution is 0.0606. The van der Waals surface area contributed by atoms with Gasteiger partial charge in [-0.05, 0) is 12.1 Å². The molecule has 0 atom stereocenters. The molecule has 0 saturated heterocycles. The number of ether oxygens (including phenoxy) is 1. The van der Waals surface area contributed by atoms with Crippen molar-refractivity contribution in [3.05, 3.63) is 41.3 Å². The number of hydrogen-bond acceptors (Lipinski definition) is 6. The first-order valence-corrected chi connectivity index (χ1v) is 5.78. The van der Waals surface area contributed by atoms with Crippen molar-refractivity contribution in [2.75, 3.05) is 12.4 Å². The summed E-state index contributed by atoms with van der Waals surface area (Å²) < 4.78 is 4.58. The van der Waals surface area contributed by atoms with E-state index in [1.807, 2.05) is 0 Å². The van der Waals surface area contributed by atoms with Crippen LogP contribution in [0.5, 0.6) is 0 Å². The third-order valence-corrected chi connectivity index (χ3v) is 3.01. The van der Waals surface area contributed by atoms with Crippen LogP contribution in [0.2, 0.25) is 0 Å². The molecule has 0 spiro atoms. The number of amides is 1. The van der Waals surface area contributed by atoms with E-state index in [1.165, 1.54) is 25.7 Å². The van der Waals surface area contributed by atoms with Gasteiger partial charge < -0.3 is 10.1 Å². The predicted molar refractivity (Wildman–Crippen MR) is 65.6 cm³/mol. The van der Waals surface area contributed by atoms with Crippen molar-refractivity contribution < 1.29 is 14.3 Å². The molecule has 0 aliphatic rings. The topological polar surface area (TPSA) is 81.2 Å². The Labute approximate surface area is 107 Å². The van der Waals surface area contributed by atoms with Crippen LogP contribution in [0.25, 0.3) is 0 Å². The van der Waals surface area contributed by atoms with Crippen LogP contribution in [-0.2, 0) is 4.74 Å². The summed E-state index contributed by atoms with van der Waals surface area (Å²) in [7, 11) is 1.31. The van der Waals surface area contributed by atoms with E-state index in [1.54, 1.807) is 12.1 Å². The van der Waals surface area contributed by atoms with E-state index in [9.17, 15) is 9.59 Å². The van der Waals surface area contributed by atoms with E-state index in [0.29, 0.717) is 9.88 Å². The summed E-state index contributed by atoms with van der Waals surface area (Å²) in [5.74, 6) is -0.804. The highest BCUT2D eigenvalue weighted by atomic mass is 32.1. The lowest BCUT2D eigenvalue weighted by atomic mass is 10.4. The zero-order valence-corrected chi connectivity index (χ0v) is 10.2. The van der Waals surface area contributed by atoms with Crippen molar-refractivity contribution in [3.8, 4) is 0 Å². The molecule has 2 rings (SSSR count). The summed E-state index contributed by atoms with van der Waals surface area (Å²) in [4.78, 5) is 31.1. The van der Waals surface area contributed by atoms with Crippen molar-refractivity contribution >= 4 is 28.2 Å². The maximum absolute atomic E-state index is 11.7. The Morgan fingerprint density at radius 2 is 2.17 bits per heavy atom. The van der Waals surface area contributed by atoms with E-state index >= 15 is 0 Å². The summed E-state index contributed by atoms with van der Waals surface area (Å²) in [6, 6.07) is 3.22. The number of thiophene rings is 1. The van der Waals surface area contributed by atoms with Gasteiger partial charge in [0.1, 0.15) is 10.6 Å². The van der Waals surface area contributed by atoms with Crippen LogP contribution >= 0.6 is 11.3 Å². The van der Waals surface area contributed by atoms with Crippen molar-refractivity contribution in [2.45, 2.75) is 0 Å². The molecular formula is C11H9N3O3S. The molecule has 6 nitrogen and oxygen atoms in total. The van der Waals surface area contributed by atoms with Gasteiger partial charge in [0.2, 0.25) is 0 Å². The number of carbonyl (C=O) groups is 2. The Bertz CT molecular complexity index is 568. The zero-order valence-electron chi connectivity index (χ0n) is 9.41. The molecule has 0 bridgehead atoms. The predicted octanol–water partition coefficient (Wildman–Crippen LogP) is 1.58. The summed E-state index contributed by atoms with van der Waals surface area (Å²) in [5.41, 5.74) is 0.213. The number of aromatic nitrogens is 2. The number of anilines is 1. The Kier molecular flexibility index (Phi) is 3.63. The van der Waals surface area contributed by atoms with Crippen LogP contribution in [-0.4, -0.2) is 29.0 Å². The minimum Gasteiger partial charge on any atom is -0.465 e. The maximum Gasteiger partial charge on any atom is 0.348 e. The highest BCUT2D eigenvalue weighted by molar-refractivity contribution is 7.18. The molecule has 0 aromatic carbocycles. The number of carbonyl (C=O) groups excluding carboxylic acids is 2. The van der Waals surface area contributed by atoms with Gasteiger partial charge in [0.25, 0.3) is 5.91 Å². The Hall–Kier alpha value is -2.28. The molecule has 0 fully saturated rings. The molecule has 1 N–H and O–H groups in total. The number of esters is 1. The molecule has 2 aromatic rings. The van der Waals surface area contributed by atoms with Crippen molar-refractivity contribution in [1.29, 1.82) is 0 Å². The number of hydrogen-bond donors (Lipinski definition) is 1. The lowest BCUT2D eigenvalue weighted by Gasteiger charge is -2.00. The molecule has 0 radical (unpaired) electrons. The molecule has 7 heteroatoms. The third-order valence-electron chi connectivity index (χ3n) is 2.03. The van der Waals surface area contributed by atoms with Gasteiger partial charge >= 0.3 is 5.97 Å². The van der Waals surface area contributed by atoms with Crippen LogP contribution < -0.4 is 5.32 Å². The van der Waals surface area contributed by atoms with E-state index in [0.717, 1.165) is 11.3 Å². The van der Waals surface area contributed by atoms with Crippen LogP contribution in [0.15, 0.2) is 30.7 Å². The van der Waals surface area contributed by atoms with Crippen LogP contribution in [0.1, 0.15) is 20.2 Å². The van der Waals surface area contributed by atoms with Crippen LogP contribution in [0.3, 0.4) is 0 Å². The maximum atomic E-state index is 11.7. The van der Waals surface area contributed by atoms with Crippen molar-refractivity contribution in [1.82, 2.24) is 9.97 Å². The van der Waals surface area contributed by atoms with Crippen LogP contribution in [0.4, 0.5) is 5.00 Å². The fourth-order valence-corrected chi connectivity index (χ4v) is 2.03. The molecule has 0 unspecified atom stereocenters. The fraction of sp³-hybridized carbons (Fsp3) is 0.0909. The number of nitrogens with zero attached hydrogens (tertiary/aromatic N) is 2. The van der Waals surface area contributed by atoms with Gasteiger partial charge in [-0.2, -0.15) is 0 Å². The average molecular weight is 263 g/mol. The number of methoxy groups -OCH3 is 1. The van der Waals surface area contributed by atoms with E-state index in [-0.39, 0.29) is 11.6 Å². The summed E-state index contributed by atoms with van der Waals surface area (Å²) in [6.07, 6.45) is 4.28. The first-order chi connectivity index (χ1) is 8.70. The fourth-order valence-electron chi connectivity index (χ4n) is 1.21. The van der Waals surface area contributed by atoms with Crippen molar-refractivity contribution in [3.63, 3.8) is 0 Å². The number of nitrogens with one attached hydrogen (secondary N) is 1. The highest BCUT2D eigenvalue weighted by Gasteiger charge is 2.12. The normalized spacial score (nSPS) is 9.83. The molecular weight excluding hydrogens is 254 g/mol. The largest absolute Gasteiger partial charge is 0.465 e. The third kappa shape index (κ3) is 2.69. The molecule has 1 amide bonds. The second-order valence-corrected chi connectivity index (χ2v) is 4.28. The molecule has 0 aliphatic heterocycles. The van der Waals surface area contributed by atoms with Gasteiger partial charge in [-0.3, -0.25) is 9.78 Å². The molecule has 92 valence electrons.